The van der Waals surface area contributed by atoms with E-state index in [2.05, 4.69) is 22.8 Å². The summed E-state index contributed by atoms with van der Waals surface area (Å²) in [5, 5.41) is 5.58. The molecule has 0 spiro atoms. The fourth-order valence-electron chi connectivity index (χ4n) is 3.33. The van der Waals surface area contributed by atoms with Crippen molar-refractivity contribution >= 4 is 23.2 Å². The average molecular weight is 366 g/mol. The minimum absolute atomic E-state index is 0.128. The van der Waals surface area contributed by atoms with Crippen molar-refractivity contribution in [1.29, 1.82) is 0 Å². The third kappa shape index (κ3) is 5.09. The van der Waals surface area contributed by atoms with E-state index in [0.717, 1.165) is 18.6 Å². The zero-order chi connectivity index (χ0) is 19.2. The number of fused-ring (bicyclic) bond motifs is 1. The lowest BCUT2D eigenvalue weighted by atomic mass is 9.92. The van der Waals surface area contributed by atoms with E-state index in [-0.39, 0.29) is 11.8 Å². The highest BCUT2D eigenvalue weighted by Crippen LogP contribution is 2.26. The van der Waals surface area contributed by atoms with Gasteiger partial charge in [-0.3, -0.25) is 9.59 Å². The van der Waals surface area contributed by atoms with Crippen LogP contribution in [0.5, 0.6) is 5.75 Å². The second kappa shape index (κ2) is 8.71. The standard InChI is InChI=1S/C22H26N2O3/c1-3-21(27-20-13-8-16-6-4-5-7-17(16)14-20)22(26)24-19-11-9-18(10-12-19)23-15(2)25/h8-14,21H,3-7H2,1-2H3,(H,23,25)(H,24,26). The molecule has 27 heavy (non-hydrogen) atoms. The summed E-state index contributed by atoms with van der Waals surface area (Å²) < 4.78 is 5.97. The zero-order valence-electron chi connectivity index (χ0n) is 15.9. The molecule has 0 saturated heterocycles. The molecule has 1 aliphatic rings. The van der Waals surface area contributed by atoms with Crippen LogP contribution in [0.1, 0.15) is 44.2 Å². The molecule has 0 aliphatic heterocycles. The predicted molar refractivity (Wildman–Crippen MR) is 107 cm³/mol. The number of nitrogens with one attached hydrogen (secondary N) is 2. The molecule has 3 rings (SSSR count). The van der Waals surface area contributed by atoms with Crippen molar-refractivity contribution in [2.75, 3.05) is 10.6 Å². The number of hydrogen-bond donors (Lipinski definition) is 2. The second-order valence-electron chi connectivity index (χ2n) is 6.90. The van der Waals surface area contributed by atoms with Gasteiger partial charge in [0.25, 0.3) is 5.91 Å². The van der Waals surface area contributed by atoms with Crippen LogP contribution in [0.4, 0.5) is 11.4 Å². The van der Waals surface area contributed by atoms with Crippen molar-refractivity contribution in [2.24, 2.45) is 0 Å². The molecule has 0 radical (unpaired) electrons. The first-order valence-electron chi connectivity index (χ1n) is 9.52. The lowest BCUT2D eigenvalue weighted by molar-refractivity contribution is -0.122. The minimum atomic E-state index is -0.554. The Morgan fingerprint density at radius 2 is 1.59 bits per heavy atom. The van der Waals surface area contributed by atoms with E-state index in [4.69, 9.17) is 4.74 Å². The number of amides is 2. The molecule has 0 bridgehead atoms. The van der Waals surface area contributed by atoms with Gasteiger partial charge in [0.05, 0.1) is 0 Å². The topological polar surface area (TPSA) is 67.4 Å². The number of carbonyl (C=O) groups is 2. The van der Waals surface area contributed by atoms with E-state index in [1.807, 2.05) is 13.0 Å². The van der Waals surface area contributed by atoms with Crippen LogP contribution < -0.4 is 15.4 Å². The first-order valence-corrected chi connectivity index (χ1v) is 9.52. The molecule has 2 amide bonds. The highest BCUT2D eigenvalue weighted by molar-refractivity contribution is 5.95. The van der Waals surface area contributed by atoms with Gasteiger partial charge in [0.15, 0.2) is 6.10 Å². The monoisotopic (exact) mass is 366 g/mol. The normalized spacial score (nSPS) is 14.0. The highest BCUT2D eigenvalue weighted by Gasteiger charge is 2.19. The van der Waals surface area contributed by atoms with Crippen molar-refractivity contribution < 1.29 is 14.3 Å². The van der Waals surface area contributed by atoms with E-state index < -0.39 is 6.10 Å². The van der Waals surface area contributed by atoms with Crippen LogP contribution in [-0.2, 0) is 22.4 Å². The second-order valence-corrected chi connectivity index (χ2v) is 6.90. The molecular weight excluding hydrogens is 340 g/mol. The Balaban J connectivity index is 1.63. The fourth-order valence-corrected chi connectivity index (χ4v) is 3.33. The number of aryl methyl sites for hydroxylation is 2. The predicted octanol–water partition coefficient (Wildman–Crippen LogP) is 4.32. The van der Waals surface area contributed by atoms with Crippen molar-refractivity contribution in [3.8, 4) is 5.75 Å². The molecule has 2 aromatic carbocycles. The molecule has 0 aromatic heterocycles. The van der Waals surface area contributed by atoms with E-state index in [1.54, 1.807) is 24.3 Å². The molecule has 1 atom stereocenters. The largest absolute Gasteiger partial charge is 0.481 e. The van der Waals surface area contributed by atoms with Gasteiger partial charge in [-0.2, -0.15) is 0 Å². The molecule has 0 fully saturated rings. The van der Waals surface area contributed by atoms with Crippen LogP contribution in [0.15, 0.2) is 42.5 Å². The number of carbonyl (C=O) groups excluding carboxylic acids is 2. The quantitative estimate of drug-likeness (QED) is 0.800. The lowest BCUT2D eigenvalue weighted by Crippen LogP contribution is -2.32. The summed E-state index contributed by atoms with van der Waals surface area (Å²) in [4.78, 5) is 23.7. The number of benzene rings is 2. The van der Waals surface area contributed by atoms with Crippen LogP contribution >= 0.6 is 0 Å². The summed E-state index contributed by atoms with van der Waals surface area (Å²) in [5.41, 5.74) is 4.09. The molecule has 0 heterocycles. The summed E-state index contributed by atoms with van der Waals surface area (Å²) in [6.07, 6.45) is 4.68. The number of rotatable bonds is 6. The van der Waals surface area contributed by atoms with E-state index in [9.17, 15) is 9.59 Å². The van der Waals surface area contributed by atoms with Gasteiger partial charge in [0, 0.05) is 18.3 Å². The first kappa shape index (κ1) is 19.0. The van der Waals surface area contributed by atoms with E-state index >= 15 is 0 Å². The maximum absolute atomic E-state index is 12.6. The van der Waals surface area contributed by atoms with Gasteiger partial charge in [-0.25, -0.2) is 0 Å². The van der Waals surface area contributed by atoms with Gasteiger partial charge < -0.3 is 15.4 Å². The Kier molecular flexibility index (Phi) is 6.12. The van der Waals surface area contributed by atoms with Crippen LogP contribution in [-0.4, -0.2) is 17.9 Å². The van der Waals surface area contributed by atoms with Crippen LogP contribution in [0, 0.1) is 0 Å². The molecule has 2 N–H and O–H groups in total. The maximum Gasteiger partial charge on any atom is 0.265 e. The number of hydrogen-bond acceptors (Lipinski definition) is 3. The van der Waals surface area contributed by atoms with Gasteiger partial charge in [0.2, 0.25) is 5.91 Å². The van der Waals surface area contributed by atoms with Gasteiger partial charge in [-0.05, 0) is 79.6 Å². The third-order valence-electron chi connectivity index (χ3n) is 4.73. The van der Waals surface area contributed by atoms with Crippen molar-refractivity contribution in [3.05, 3.63) is 53.6 Å². The van der Waals surface area contributed by atoms with E-state index in [0.29, 0.717) is 17.8 Å². The Labute approximate surface area is 160 Å². The maximum atomic E-state index is 12.6. The molecule has 142 valence electrons. The summed E-state index contributed by atoms with van der Waals surface area (Å²) >= 11 is 0. The third-order valence-corrected chi connectivity index (χ3v) is 4.73. The zero-order valence-corrected chi connectivity index (χ0v) is 15.9. The Hall–Kier alpha value is -2.82. The van der Waals surface area contributed by atoms with Gasteiger partial charge >= 0.3 is 0 Å². The number of anilines is 2. The molecule has 5 heteroatoms. The highest BCUT2D eigenvalue weighted by atomic mass is 16.5. The Morgan fingerprint density at radius 1 is 0.963 bits per heavy atom. The average Bonchev–Trinajstić information content (AvgIpc) is 2.67. The fraction of sp³-hybridized carbons (Fsp3) is 0.364. The summed E-state index contributed by atoms with van der Waals surface area (Å²) in [6.45, 7) is 3.39. The van der Waals surface area contributed by atoms with Crippen molar-refractivity contribution in [2.45, 2.75) is 52.1 Å². The molecule has 1 aliphatic carbocycles. The Morgan fingerprint density at radius 3 is 2.22 bits per heavy atom. The molecule has 1 unspecified atom stereocenters. The lowest BCUT2D eigenvalue weighted by Gasteiger charge is -2.20. The van der Waals surface area contributed by atoms with Crippen LogP contribution in [0.2, 0.25) is 0 Å². The van der Waals surface area contributed by atoms with Gasteiger partial charge in [0.1, 0.15) is 5.75 Å². The molecule has 0 saturated carbocycles. The van der Waals surface area contributed by atoms with Crippen molar-refractivity contribution in [3.63, 3.8) is 0 Å². The van der Waals surface area contributed by atoms with Gasteiger partial charge in [-0.1, -0.05) is 13.0 Å². The van der Waals surface area contributed by atoms with Crippen molar-refractivity contribution in [1.82, 2.24) is 0 Å². The first-order chi connectivity index (χ1) is 13.0. The summed E-state index contributed by atoms with van der Waals surface area (Å²) in [6, 6.07) is 13.2. The van der Waals surface area contributed by atoms with Crippen LogP contribution in [0.3, 0.4) is 0 Å². The molecular formula is C22H26N2O3. The summed E-state index contributed by atoms with van der Waals surface area (Å²) in [7, 11) is 0. The van der Waals surface area contributed by atoms with E-state index in [1.165, 1.54) is 30.9 Å². The van der Waals surface area contributed by atoms with Crippen LogP contribution in [0.25, 0.3) is 0 Å². The SMILES string of the molecule is CCC(Oc1ccc2c(c1)CCCC2)C(=O)Nc1ccc(NC(C)=O)cc1. The minimum Gasteiger partial charge on any atom is -0.481 e. The molecule has 2 aromatic rings. The number of ether oxygens (including phenoxy) is 1. The van der Waals surface area contributed by atoms with Gasteiger partial charge in [-0.15, -0.1) is 0 Å². The Bertz CT molecular complexity index is 815. The smallest absolute Gasteiger partial charge is 0.265 e. The molecule has 5 nitrogen and oxygen atoms in total. The summed E-state index contributed by atoms with van der Waals surface area (Å²) in [5.74, 6) is 0.442.